The Hall–Kier alpha value is -0.650. The van der Waals surface area contributed by atoms with E-state index >= 15 is 0 Å². The van der Waals surface area contributed by atoms with Crippen LogP contribution in [0.25, 0.3) is 0 Å². The van der Waals surface area contributed by atoms with Gasteiger partial charge in [-0.05, 0) is 53.0 Å². The van der Waals surface area contributed by atoms with Crippen molar-refractivity contribution in [2.45, 2.75) is 77.2 Å². The lowest BCUT2D eigenvalue weighted by Gasteiger charge is -2.32. The molecule has 1 amide bonds. The molecule has 20 heavy (non-hydrogen) atoms. The van der Waals surface area contributed by atoms with E-state index in [1.807, 2.05) is 13.8 Å². The Balaban J connectivity index is 2.28. The van der Waals surface area contributed by atoms with E-state index in [0.29, 0.717) is 13.0 Å². The number of rotatable bonds is 8. The molecule has 3 unspecified atom stereocenters. The zero-order valence-electron chi connectivity index (χ0n) is 13.3. The molecule has 0 aromatic rings. The smallest absolute Gasteiger partial charge is 0.237 e. The number of carbonyl (C=O) groups is 1. The Morgan fingerprint density at radius 3 is 2.50 bits per heavy atom. The van der Waals surface area contributed by atoms with Crippen LogP contribution in [0.1, 0.15) is 53.4 Å². The molecule has 0 saturated carbocycles. The van der Waals surface area contributed by atoms with Crippen LogP contribution in [0.15, 0.2) is 0 Å². The summed E-state index contributed by atoms with van der Waals surface area (Å²) in [5.41, 5.74) is 4.83. The molecule has 3 N–H and O–H groups in total. The van der Waals surface area contributed by atoms with Crippen molar-refractivity contribution in [2.24, 2.45) is 5.73 Å². The molecule has 0 aromatic carbocycles. The lowest BCUT2D eigenvalue weighted by atomic mass is 9.95. The fourth-order valence-electron chi connectivity index (χ4n) is 2.85. The second kappa shape index (κ2) is 7.96. The summed E-state index contributed by atoms with van der Waals surface area (Å²) in [6, 6.07) is 0. The zero-order chi connectivity index (χ0) is 15.2. The summed E-state index contributed by atoms with van der Waals surface area (Å²) in [6.07, 6.45) is 4.22. The predicted octanol–water partition coefficient (Wildman–Crippen LogP) is 1.59. The minimum atomic E-state index is -0.631. The third-order valence-corrected chi connectivity index (χ3v) is 3.94. The molecule has 1 aliphatic heterocycles. The highest BCUT2D eigenvalue weighted by Gasteiger charge is 2.29. The summed E-state index contributed by atoms with van der Waals surface area (Å²) in [6.45, 7) is 9.40. The molecule has 1 saturated heterocycles. The third-order valence-electron chi connectivity index (χ3n) is 3.94. The summed E-state index contributed by atoms with van der Waals surface area (Å²) in [4.78, 5) is 11.5. The highest BCUT2D eigenvalue weighted by Crippen LogP contribution is 2.22. The highest BCUT2D eigenvalue weighted by molar-refractivity contribution is 5.84. The minimum Gasteiger partial charge on any atom is -0.378 e. The first-order valence-electron chi connectivity index (χ1n) is 7.69. The maximum atomic E-state index is 11.5. The monoisotopic (exact) mass is 286 g/mol. The SMILES string of the molecule is CCNC(C)(CCCOC1CC(C)OC(C)C1)C(N)=O. The first-order valence-corrected chi connectivity index (χ1v) is 7.69. The maximum Gasteiger partial charge on any atom is 0.237 e. The van der Waals surface area contributed by atoms with E-state index in [1.54, 1.807) is 0 Å². The normalized spacial score (nSPS) is 29.9. The average molecular weight is 286 g/mol. The Kier molecular flexibility index (Phi) is 6.92. The largest absolute Gasteiger partial charge is 0.378 e. The second-order valence-corrected chi connectivity index (χ2v) is 6.05. The fraction of sp³-hybridized carbons (Fsp3) is 0.933. The van der Waals surface area contributed by atoms with Gasteiger partial charge in [0.1, 0.15) is 0 Å². The number of ether oxygens (including phenoxy) is 2. The van der Waals surface area contributed by atoms with Crippen LogP contribution in [0.3, 0.4) is 0 Å². The van der Waals surface area contributed by atoms with Crippen molar-refractivity contribution >= 4 is 5.91 Å². The Morgan fingerprint density at radius 1 is 1.40 bits per heavy atom. The number of hydrogen-bond acceptors (Lipinski definition) is 4. The van der Waals surface area contributed by atoms with Crippen LogP contribution >= 0.6 is 0 Å². The van der Waals surface area contributed by atoms with Crippen LogP contribution in [-0.4, -0.2) is 42.9 Å². The first kappa shape index (κ1) is 17.4. The lowest BCUT2D eigenvalue weighted by molar-refractivity contribution is -0.124. The van der Waals surface area contributed by atoms with Crippen LogP contribution in [0.2, 0.25) is 0 Å². The van der Waals surface area contributed by atoms with Gasteiger partial charge in [-0.25, -0.2) is 0 Å². The molecule has 0 spiro atoms. The van der Waals surface area contributed by atoms with Gasteiger partial charge in [0.05, 0.1) is 23.9 Å². The van der Waals surface area contributed by atoms with Gasteiger partial charge in [-0.3, -0.25) is 4.79 Å². The molecule has 5 nitrogen and oxygen atoms in total. The summed E-state index contributed by atoms with van der Waals surface area (Å²) in [7, 11) is 0. The zero-order valence-corrected chi connectivity index (χ0v) is 13.3. The van der Waals surface area contributed by atoms with Gasteiger partial charge >= 0.3 is 0 Å². The fourth-order valence-corrected chi connectivity index (χ4v) is 2.85. The number of nitrogens with two attached hydrogens (primary N) is 1. The van der Waals surface area contributed by atoms with Crippen molar-refractivity contribution < 1.29 is 14.3 Å². The van der Waals surface area contributed by atoms with Crippen LogP contribution in [0.4, 0.5) is 0 Å². The standard InChI is InChI=1S/C15H30N2O3/c1-5-17-15(4,14(16)18)7-6-8-19-13-9-11(2)20-12(3)10-13/h11-13,17H,5-10H2,1-4H3,(H2,16,18). The van der Waals surface area contributed by atoms with E-state index in [-0.39, 0.29) is 24.2 Å². The molecule has 1 heterocycles. The molecule has 1 rings (SSSR count). The predicted molar refractivity (Wildman–Crippen MR) is 79.5 cm³/mol. The summed E-state index contributed by atoms with van der Waals surface area (Å²) in [5.74, 6) is -0.298. The van der Waals surface area contributed by atoms with Crippen LogP contribution in [0, 0.1) is 0 Å². The van der Waals surface area contributed by atoms with Gasteiger partial charge in [0.2, 0.25) is 5.91 Å². The van der Waals surface area contributed by atoms with E-state index in [4.69, 9.17) is 15.2 Å². The molecule has 3 atom stereocenters. The summed E-state index contributed by atoms with van der Waals surface area (Å²) < 4.78 is 11.6. The number of hydrogen-bond donors (Lipinski definition) is 2. The van der Waals surface area contributed by atoms with E-state index in [2.05, 4.69) is 19.2 Å². The van der Waals surface area contributed by atoms with Crippen LogP contribution in [0.5, 0.6) is 0 Å². The van der Waals surface area contributed by atoms with Crippen molar-refractivity contribution in [1.29, 1.82) is 0 Å². The molecule has 118 valence electrons. The van der Waals surface area contributed by atoms with Gasteiger partial charge in [-0.15, -0.1) is 0 Å². The molecule has 0 aliphatic carbocycles. The number of primary amides is 1. The second-order valence-electron chi connectivity index (χ2n) is 6.05. The Bertz CT molecular complexity index is 301. The van der Waals surface area contributed by atoms with Gasteiger partial charge in [-0.2, -0.15) is 0 Å². The van der Waals surface area contributed by atoms with Gasteiger partial charge in [0, 0.05) is 6.61 Å². The number of carbonyl (C=O) groups excluding carboxylic acids is 1. The van der Waals surface area contributed by atoms with E-state index in [0.717, 1.165) is 25.8 Å². The first-order chi connectivity index (χ1) is 9.37. The summed E-state index contributed by atoms with van der Waals surface area (Å²) in [5, 5.41) is 3.16. The van der Waals surface area contributed by atoms with E-state index < -0.39 is 5.54 Å². The third kappa shape index (κ3) is 5.38. The molecule has 5 heteroatoms. The van der Waals surface area contributed by atoms with Crippen LogP contribution in [-0.2, 0) is 14.3 Å². The molecular formula is C15H30N2O3. The van der Waals surface area contributed by atoms with E-state index in [9.17, 15) is 4.79 Å². The molecule has 0 radical (unpaired) electrons. The Labute approximate surface area is 122 Å². The summed E-state index contributed by atoms with van der Waals surface area (Å²) >= 11 is 0. The van der Waals surface area contributed by atoms with Crippen molar-refractivity contribution in [3.63, 3.8) is 0 Å². The number of nitrogens with one attached hydrogen (secondary N) is 1. The van der Waals surface area contributed by atoms with Crippen molar-refractivity contribution in [1.82, 2.24) is 5.32 Å². The molecule has 0 bridgehead atoms. The van der Waals surface area contributed by atoms with E-state index in [1.165, 1.54) is 0 Å². The van der Waals surface area contributed by atoms with Gasteiger partial charge in [0.25, 0.3) is 0 Å². The van der Waals surface area contributed by atoms with Crippen molar-refractivity contribution in [3.05, 3.63) is 0 Å². The molecule has 1 aliphatic rings. The van der Waals surface area contributed by atoms with Gasteiger partial charge in [-0.1, -0.05) is 6.92 Å². The van der Waals surface area contributed by atoms with Gasteiger partial charge in [0.15, 0.2) is 0 Å². The highest BCUT2D eigenvalue weighted by atomic mass is 16.5. The Morgan fingerprint density at radius 2 is 2.00 bits per heavy atom. The number of amides is 1. The lowest BCUT2D eigenvalue weighted by Crippen LogP contribution is -2.53. The molecular weight excluding hydrogens is 256 g/mol. The quantitative estimate of drug-likeness (QED) is 0.665. The van der Waals surface area contributed by atoms with Crippen LogP contribution < -0.4 is 11.1 Å². The topological polar surface area (TPSA) is 73.6 Å². The molecule has 0 aromatic heterocycles. The average Bonchev–Trinajstić information content (AvgIpc) is 2.33. The van der Waals surface area contributed by atoms with Crippen molar-refractivity contribution in [3.8, 4) is 0 Å². The minimum absolute atomic E-state index is 0.265. The number of likely N-dealkylation sites (N-methyl/N-ethyl adjacent to an activating group) is 1. The molecule has 1 fully saturated rings. The van der Waals surface area contributed by atoms with Crippen molar-refractivity contribution in [2.75, 3.05) is 13.2 Å². The maximum absolute atomic E-state index is 11.5. The van der Waals surface area contributed by atoms with Gasteiger partial charge < -0.3 is 20.5 Å².